The molecule has 0 aliphatic carbocycles. The number of rotatable bonds is 5. The standard InChI is InChI=1S/C19H17N3O4S/c1-25-18-10-14-15(11-19(18)26-2)20-7-5-17(14)22-8-6-12-9-13(21-27(23)24)3-4-16(12)22/h3-11,21H,1-2H3,(H,23,24). The lowest BCUT2D eigenvalue weighted by molar-refractivity contribution is 0.356. The van der Waals surface area contributed by atoms with Crippen LogP contribution >= 0.6 is 0 Å². The van der Waals surface area contributed by atoms with E-state index in [4.69, 9.17) is 14.0 Å². The molecule has 2 heterocycles. The molecule has 138 valence electrons. The predicted molar refractivity (Wildman–Crippen MR) is 106 cm³/mol. The summed E-state index contributed by atoms with van der Waals surface area (Å²) in [6.07, 6.45) is 3.70. The van der Waals surface area contributed by atoms with E-state index in [9.17, 15) is 4.21 Å². The largest absolute Gasteiger partial charge is 0.493 e. The second-order valence-electron chi connectivity index (χ2n) is 5.86. The maximum absolute atomic E-state index is 11.0. The van der Waals surface area contributed by atoms with E-state index in [-0.39, 0.29) is 0 Å². The van der Waals surface area contributed by atoms with Gasteiger partial charge in [0.05, 0.1) is 30.9 Å². The van der Waals surface area contributed by atoms with Crippen LogP contribution in [0.25, 0.3) is 27.5 Å². The van der Waals surface area contributed by atoms with Crippen molar-refractivity contribution in [2.24, 2.45) is 0 Å². The van der Waals surface area contributed by atoms with Gasteiger partial charge in [0.2, 0.25) is 0 Å². The fraction of sp³-hybridized carbons (Fsp3) is 0.105. The van der Waals surface area contributed by atoms with E-state index in [1.807, 2.05) is 47.2 Å². The van der Waals surface area contributed by atoms with Crippen molar-refractivity contribution >= 4 is 38.8 Å². The number of nitrogens with one attached hydrogen (secondary N) is 1. The average Bonchev–Trinajstić information content (AvgIpc) is 3.08. The molecule has 0 fully saturated rings. The lowest BCUT2D eigenvalue weighted by atomic mass is 10.1. The first kappa shape index (κ1) is 17.3. The van der Waals surface area contributed by atoms with Crippen molar-refractivity contribution in [3.8, 4) is 17.2 Å². The molecular weight excluding hydrogens is 366 g/mol. The molecule has 0 saturated carbocycles. The summed E-state index contributed by atoms with van der Waals surface area (Å²) in [5.74, 6) is 1.26. The Kier molecular flexibility index (Phi) is 4.43. The number of fused-ring (bicyclic) bond motifs is 2. The molecule has 27 heavy (non-hydrogen) atoms. The SMILES string of the molecule is COc1cc2nccc(-n3ccc4cc(NS(=O)O)ccc43)c2cc1OC. The molecule has 2 aromatic carbocycles. The Morgan fingerprint density at radius 1 is 1.07 bits per heavy atom. The monoisotopic (exact) mass is 383 g/mol. The molecule has 1 unspecified atom stereocenters. The molecule has 0 aliphatic heterocycles. The molecule has 4 rings (SSSR count). The second kappa shape index (κ2) is 6.90. The number of nitrogens with zero attached hydrogens (tertiary/aromatic N) is 2. The molecule has 0 amide bonds. The van der Waals surface area contributed by atoms with E-state index >= 15 is 0 Å². The number of benzene rings is 2. The molecule has 2 N–H and O–H groups in total. The highest BCUT2D eigenvalue weighted by Crippen LogP contribution is 2.35. The maximum Gasteiger partial charge on any atom is 0.259 e. The molecule has 0 aliphatic rings. The van der Waals surface area contributed by atoms with Crippen LogP contribution in [0.5, 0.6) is 11.5 Å². The molecule has 7 nitrogen and oxygen atoms in total. The number of ether oxygens (including phenoxy) is 2. The third kappa shape index (κ3) is 3.09. The van der Waals surface area contributed by atoms with Crippen molar-refractivity contribution < 1.29 is 18.2 Å². The Balaban J connectivity index is 1.90. The van der Waals surface area contributed by atoms with Gasteiger partial charge >= 0.3 is 0 Å². The van der Waals surface area contributed by atoms with Gasteiger partial charge in [0.1, 0.15) is 0 Å². The summed E-state index contributed by atoms with van der Waals surface area (Å²) in [6, 6.07) is 13.1. The van der Waals surface area contributed by atoms with Crippen LogP contribution < -0.4 is 14.2 Å². The molecule has 1 atom stereocenters. The van der Waals surface area contributed by atoms with Crippen LogP contribution in [0.15, 0.2) is 54.9 Å². The zero-order valence-electron chi connectivity index (χ0n) is 14.7. The normalized spacial score (nSPS) is 12.3. The highest BCUT2D eigenvalue weighted by Gasteiger charge is 2.12. The van der Waals surface area contributed by atoms with Crippen molar-refractivity contribution in [1.82, 2.24) is 9.55 Å². The number of hydrogen-bond donors (Lipinski definition) is 2. The summed E-state index contributed by atoms with van der Waals surface area (Å²) in [6.45, 7) is 0. The van der Waals surface area contributed by atoms with Crippen LogP contribution in [0, 0.1) is 0 Å². The Hall–Kier alpha value is -3.10. The van der Waals surface area contributed by atoms with Gasteiger partial charge in [-0.3, -0.25) is 14.3 Å². The molecular formula is C19H17N3O4S. The summed E-state index contributed by atoms with van der Waals surface area (Å²) in [4.78, 5) is 4.44. The van der Waals surface area contributed by atoms with Crippen molar-refractivity contribution in [1.29, 1.82) is 0 Å². The fourth-order valence-corrected chi connectivity index (χ4v) is 3.51. The van der Waals surface area contributed by atoms with Crippen molar-refractivity contribution in [3.05, 3.63) is 54.9 Å². The van der Waals surface area contributed by atoms with Crippen LogP contribution in [0.1, 0.15) is 0 Å². The van der Waals surface area contributed by atoms with Crippen molar-refractivity contribution in [2.45, 2.75) is 0 Å². The summed E-state index contributed by atoms with van der Waals surface area (Å²) >= 11 is -2.11. The lowest BCUT2D eigenvalue weighted by Gasteiger charge is -2.13. The first-order valence-corrected chi connectivity index (χ1v) is 9.21. The molecule has 8 heteroatoms. The molecule has 0 spiro atoms. The van der Waals surface area contributed by atoms with E-state index in [0.717, 1.165) is 27.5 Å². The van der Waals surface area contributed by atoms with Gasteiger partial charge < -0.3 is 14.0 Å². The number of hydrogen-bond acceptors (Lipinski definition) is 4. The smallest absolute Gasteiger partial charge is 0.259 e. The highest BCUT2D eigenvalue weighted by atomic mass is 32.2. The van der Waals surface area contributed by atoms with Gasteiger partial charge in [0.25, 0.3) is 11.3 Å². The number of methoxy groups -OCH3 is 2. The number of pyridine rings is 1. The molecule has 4 aromatic rings. The van der Waals surface area contributed by atoms with Gasteiger partial charge in [-0.1, -0.05) is 0 Å². The number of aromatic nitrogens is 2. The Morgan fingerprint density at radius 3 is 2.59 bits per heavy atom. The molecule has 0 saturated heterocycles. The van der Waals surface area contributed by atoms with E-state index in [1.165, 1.54) is 0 Å². The Bertz CT molecular complexity index is 1170. The fourth-order valence-electron chi connectivity index (χ4n) is 3.19. The minimum atomic E-state index is -2.11. The molecule has 0 radical (unpaired) electrons. The van der Waals surface area contributed by atoms with Crippen LogP contribution in [-0.2, 0) is 11.3 Å². The quantitative estimate of drug-likeness (QED) is 0.513. The van der Waals surface area contributed by atoms with E-state index < -0.39 is 11.3 Å². The van der Waals surface area contributed by atoms with Gasteiger partial charge in [-0.2, -0.15) is 0 Å². The zero-order chi connectivity index (χ0) is 19.0. The lowest BCUT2D eigenvalue weighted by Crippen LogP contribution is -2.01. The minimum Gasteiger partial charge on any atom is -0.493 e. The third-order valence-electron chi connectivity index (χ3n) is 4.38. The second-order valence-corrected chi connectivity index (χ2v) is 6.57. The molecule has 2 aromatic heterocycles. The van der Waals surface area contributed by atoms with Gasteiger partial charge in [-0.05, 0) is 36.4 Å². The van der Waals surface area contributed by atoms with Gasteiger partial charge in [-0.15, -0.1) is 0 Å². The van der Waals surface area contributed by atoms with Crippen LogP contribution in [0.4, 0.5) is 5.69 Å². The van der Waals surface area contributed by atoms with Crippen molar-refractivity contribution in [2.75, 3.05) is 18.9 Å². The average molecular weight is 383 g/mol. The highest BCUT2D eigenvalue weighted by molar-refractivity contribution is 7.80. The first-order chi connectivity index (χ1) is 13.1. The Labute approximate surface area is 158 Å². The predicted octanol–water partition coefficient (Wildman–Crippen LogP) is 3.74. The van der Waals surface area contributed by atoms with Crippen LogP contribution in [-0.4, -0.2) is 32.5 Å². The minimum absolute atomic E-state index is 0.576. The van der Waals surface area contributed by atoms with E-state index in [0.29, 0.717) is 17.2 Å². The topological polar surface area (TPSA) is 85.6 Å². The third-order valence-corrected chi connectivity index (χ3v) is 4.79. The van der Waals surface area contributed by atoms with Gasteiger partial charge in [0.15, 0.2) is 11.5 Å². The summed E-state index contributed by atoms with van der Waals surface area (Å²) < 4.78 is 35.3. The first-order valence-electron chi connectivity index (χ1n) is 8.10. The summed E-state index contributed by atoms with van der Waals surface area (Å²) in [5, 5.41) is 1.86. The van der Waals surface area contributed by atoms with Crippen LogP contribution in [0.2, 0.25) is 0 Å². The van der Waals surface area contributed by atoms with E-state index in [1.54, 1.807) is 26.5 Å². The Morgan fingerprint density at radius 2 is 1.85 bits per heavy atom. The number of anilines is 1. The summed E-state index contributed by atoms with van der Waals surface area (Å²) in [5.41, 5.74) is 3.28. The summed E-state index contributed by atoms with van der Waals surface area (Å²) in [7, 11) is 3.20. The zero-order valence-corrected chi connectivity index (χ0v) is 15.5. The van der Waals surface area contributed by atoms with Crippen molar-refractivity contribution in [3.63, 3.8) is 0 Å². The molecule has 0 bridgehead atoms. The van der Waals surface area contributed by atoms with Crippen LogP contribution in [0.3, 0.4) is 0 Å². The maximum atomic E-state index is 11.0. The van der Waals surface area contributed by atoms with Gasteiger partial charge in [-0.25, -0.2) is 4.21 Å². The van der Waals surface area contributed by atoms with Gasteiger partial charge in [0, 0.05) is 34.9 Å². The van der Waals surface area contributed by atoms with E-state index in [2.05, 4.69) is 9.71 Å².